The molecule has 0 aromatic carbocycles. The van der Waals surface area contributed by atoms with Crippen LogP contribution in [0.4, 0.5) is 5.13 Å². The van der Waals surface area contributed by atoms with Crippen molar-refractivity contribution in [2.75, 3.05) is 25.4 Å². The topological polar surface area (TPSA) is 208 Å². The Morgan fingerprint density at radius 3 is 2.67 bits per heavy atom. The molecule has 1 aromatic rings. The van der Waals surface area contributed by atoms with Crippen LogP contribution in [0.2, 0.25) is 0 Å². The smallest absolute Gasteiger partial charge is 0.731 e. The standard InChI is InChI=1S/C15H19N7O8S2.Na/c1-2-20-3-4-21(14(26)13(20)25)11-10(12(24)22(11)32(27,28)29)19-9(23)5-17-30-6-8-7-31-15(16)18-8;/h5,7,10-11H,2-4,6H2,1H3,(H2,16,18)(H,19,23)(H,27,28,29);/q;+1/p-1/b17-5+;/t10-,11-;/m0./s1. The quantitative estimate of drug-likeness (QED) is 0.0843. The second-order valence-corrected chi connectivity index (χ2v) is 8.70. The largest absolute Gasteiger partial charge is 1.00 e. The van der Waals surface area contributed by atoms with Gasteiger partial charge in [0.25, 0.3) is 11.8 Å². The third-order valence-electron chi connectivity index (χ3n) is 4.63. The minimum absolute atomic E-state index is 0. The summed E-state index contributed by atoms with van der Waals surface area (Å²) < 4.78 is 34.4. The number of carbonyl (C=O) groups is 4. The van der Waals surface area contributed by atoms with Crippen LogP contribution in [0.25, 0.3) is 0 Å². The summed E-state index contributed by atoms with van der Waals surface area (Å²) in [5.41, 5.74) is 5.94. The van der Waals surface area contributed by atoms with Gasteiger partial charge in [0.1, 0.15) is 12.3 Å². The van der Waals surface area contributed by atoms with Crippen molar-refractivity contribution in [3.8, 4) is 0 Å². The predicted octanol–water partition coefficient (Wildman–Crippen LogP) is -5.96. The Morgan fingerprint density at radius 1 is 1.39 bits per heavy atom. The van der Waals surface area contributed by atoms with Crippen LogP contribution in [0.15, 0.2) is 10.5 Å². The number of thiazole rings is 1. The van der Waals surface area contributed by atoms with Crippen molar-refractivity contribution in [2.24, 2.45) is 5.16 Å². The number of nitrogen functional groups attached to an aromatic ring is 1. The first-order valence-electron chi connectivity index (χ1n) is 9.09. The number of piperazine rings is 1. The molecule has 0 aliphatic carbocycles. The molecule has 1 aromatic heterocycles. The zero-order valence-electron chi connectivity index (χ0n) is 17.5. The van der Waals surface area contributed by atoms with Crippen molar-refractivity contribution in [3.63, 3.8) is 0 Å². The van der Waals surface area contributed by atoms with Crippen LogP contribution in [0.5, 0.6) is 0 Å². The molecule has 174 valence electrons. The number of anilines is 1. The molecular weight excluding hydrogens is 493 g/mol. The number of oxime groups is 1. The minimum atomic E-state index is -5.30. The Morgan fingerprint density at radius 2 is 2.09 bits per heavy atom. The van der Waals surface area contributed by atoms with Gasteiger partial charge in [-0.3, -0.25) is 19.2 Å². The molecule has 15 nitrogen and oxygen atoms in total. The predicted molar refractivity (Wildman–Crippen MR) is 106 cm³/mol. The number of β-lactam (4-membered cyclic amide) rings is 1. The number of aromatic nitrogens is 1. The van der Waals surface area contributed by atoms with E-state index in [4.69, 9.17) is 10.6 Å². The van der Waals surface area contributed by atoms with Crippen LogP contribution in [0.1, 0.15) is 12.6 Å². The maximum Gasteiger partial charge on any atom is 1.00 e. The first-order valence-corrected chi connectivity index (χ1v) is 11.3. The van der Waals surface area contributed by atoms with Crippen molar-refractivity contribution in [1.82, 2.24) is 24.4 Å². The molecule has 3 rings (SSSR count). The molecule has 0 bridgehead atoms. The van der Waals surface area contributed by atoms with Gasteiger partial charge in [0.2, 0.25) is 0 Å². The molecule has 0 saturated carbocycles. The summed E-state index contributed by atoms with van der Waals surface area (Å²) in [5, 5.41) is 7.52. The van der Waals surface area contributed by atoms with Crippen molar-refractivity contribution in [1.29, 1.82) is 0 Å². The van der Waals surface area contributed by atoms with Crippen LogP contribution in [-0.4, -0.2) is 93.7 Å². The molecule has 3 heterocycles. The third kappa shape index (κ3) is 5.79. The van der Waals surface area contributed by atoms with Gasteiger partial charge in [-0.25, -0.2) is 17.7 Å². The summed E-state index contributed by atoms with van der Waals surface area (Å²) >= 11 is 1.19. The summed E-state index contributed by atoms with van der Waals surface area (Å²) in [5.74, 6) is -4.21. The molecule has 18 heteroatoms. The van der Waals surface area contributed by atoms with E-state index in [0.29, 0.717) is 17.0 Å². The van der Waals surface area contributed by atoms with Crippen molar-refractivity contribution in [2.45, 2.75) is 25.7 Å². The summed E-state index contributed by atoms with van der Waals surface area (Å²) in [4.78, 5) is 59.7. The van der Waals surface area contributed by atoms with Crippen molar-refractivity contribution < 1.29 is 66.5 Å². The monoisotopic (exact) mass is 511 g/mol. The molecule has 2 aliphatic heterocycles. The Bertz CT molecular complexity index is 1080. The van der Waals surface area contributed by atoms with Crippen molar-refractivity contribution in [3.05, 3.63) is 11.1 Å². The Kier molecular flexibility index (Phi) is 8.77. The molecule has 4 amide bonds. The summed E-state index contributed by atoms with van der Waals surface area (Å²) in [6, 6.07) is -1.57. The van der Waals surface area contributed by atoms with Gasteiger partial charge in [-0.1, -0.05) is 5.16 Å². The van der Waals surface area contributed by atoms with E-state index in [0.717, 1.165) is 4.90 Å². The van der Waals surface area contributed by atoms with Crippen molar-refractivity contribution >= 4 is 56.6 Å². The average Bonchev–Trinajstić information content (AvgIpc) is 3.14. The second-order valence-electron chi connectivity index (χ2n) is 6.56. The maximum atomic E-state index is 12.4. The van der Waals surface area contributed by atoms with E-state index < -0.39 is 46.1 Å². The van der Waals surface area contributed by atoms with Gasteiger partial charge >= 0.3 is 41.4 Å². The number of likely N-dealkylation sites (N-methyl/N-ethyl adjacent to an activating group) is 1. The third-order valence-corrected chi connectivity index (χ3v) is 6.23. The first kappa shape index (κ1) is 26.9. The fourth-order valence-electron chi connectivity index (χ4n) is 3.15. The maximum absolute atomic E-state index is 12.4. The molecule has 2 fully saturated rings. The number of carbonyl (C=O) groups excluding carboxylic acids is 4. The van der Waals surface area contributed by atoms with Gasteiger partial charge in [-0.15, -0.1) is 11.3 Å². The summed E-state index contributed by atoms with van der Waals surface area (Å²) in [6.07, 6.45) is -0.993. The molecule has 0 unspecified atom stereocenters. The molecule has 2 aliphatic rings. The van der Waals surface area contributed by atoms with E-state index in [2.05, 4.69) is 15.5 Å². The number of nitrogens with one attached hydrogen (secondary N) is 1. The molecule has 0 spiro atoms. The molecule has 3 N–H and O–H groups in total. The normalized spacial score (nSPS) is 21.2. The van der Waals surface area contributed by atoms with Crippen LogP contribution < -0.4 is 40.6 Å². The Hall–Kier alpha value is -2.31. The molecule has 2 atom stereocenters. The molecule has 33 heavy (non-hydrogen) atoms. The Balaban J connectivity index is 0.00000385. The van der Waals surface area contributed by atoms with Gasteiger partial charge in [0, 0.05) is 25.0 Å². The van der Waals surface area contributed by atoms with E-state index in [9.17, 15) is 32.1 Å². The van der Waals surface area contributed by atoms with Crippen LogP contribution in [-0.2, 0) is 40.9 Å². The van der Waals surface area contributed by atoms with Crippen LogP contribution in [0, 0.1) is 0 Å². The van der Waals surface area contributed by atoms with Crippen LogP contribution >= 0.6 is 11.3 Å². The zero-order chi connectivity index (χ0) is 23.6. The van der Waals surface area contributed by atoms with Gasteiger partial charge in [0.05, 0.1) is 5.69 Å². The van der Waals surface area contributed by atoms with Gasteiger partial charge in [-0.2, -0.15) is 0 Å². The van der Waals surface area contributed by atoms with Gasteiger partial charge in [0.15, 0.2) is 28.2 Å². The zero-order valence-corrected chi connectivity index (χ0v) is 21.2. The fraction of sp³-hybridized carbons (Fsp3) is 0.467. The summed E-state index contributed by atoms with van der Waals surface area (Å²) in [7, 11) is -5.30. The van der Waals surface area contributed by atoms with E-state index in [-0.39, 0.29) is 60.1 Å². The fourth-order valence-corrected chi connectivity index (χ4v) is 4.53. The minimum Gasteiger partial charge on any atom is -0.731 e. The SMILES string of the molecule is CCN1CCN([C@@H]2[C@H](NC(=O)/C=N/OCc3csc(N)n3)C(=O)N2S(=O)(=O)[O-])C(=O)C1=O.[Na+]. The molecular formula is C15H18N7NaO8S2. The number of hydrogen-bond donors (Lipinski definition) is 2. The van der Waals surface area contributed by atoms with E-state index in [1.165, 1.54) is 16.2 Å². The van der Waals surface area contributed by atoms with Gasteiger partial charge in [-0.05, 0) is 6.92 Å². The number of hydrogen-bond acceptors (Lipinski definition) is 12. The van der Waals surface area contributed by atoms with E-state index >= 15 is 0 Å². The molecule has 0 radical (unpaired) electrons. The number of amides is 4. The van der Waals surface area contributed by atoms with E-state index in [1.54, 1.807) is 12.3 Å². The Labute approximate surface area is 214 Å². The molecule has 2 saturated heterocycles. The first-order chi connectivity index (χ1) is 15.0. The summed E-state index contributed by atoms with van der Waals surface area (Å²) in [6.45, 7) is 1.74. The number of nitrogens with two attached hydrogens (primary N) is 1. The number of rotatable bonds is 8. The average molecular weight is 511 g/mol. The van der Waals surface area contributed by atoms with Crippen LogP contribution in [0.3, 0.4) is 0 Å². The number of nitrogens with zero attached hydrogens (tertiary/aromatic N) is 5. The van der Waals surface area contributed by atoms with Gasteiger partial charge < -0.3 is 30.2 Å². The van der Waals surface area contributed by atoms with E-state index in [1.807, 2.05) is 0 Å². The second kappa shape index (κ2) is 10.7.